The molecule has 0 aromatic heterocycles. The van der Waals surface area contributed by atoms with Crippen LogP contribution >= 0.6 is 31.9 Å². The summed E-state index contributed by atoms with van der Waals surface area (Å²) in [5.41, 5.74) is 0. The van der Waals surface area contributed by atoms with Crippen LogP contribution in [0.25, 0.3) is 0 Å². The molecule has 0 radical (unpaired) electrons. The van der Waals surface area contributed by atoms with Crippen LogP contribution in [0.15, 0.2) is 0 Å². The molecule has 0 aliphatic rings. The lowest BCUT2D eigenvalue weighted by Gasteiger charge is -2.07. The predicted octanol–water partition coefficient (Wildman–Crippen LogP) is 2.06. The monoisotopic (exact) mass is 302 g/mol. The Morgan fingerprint density at radius 3 is 1.42 bits per heavy atom. The van der Waals surface area contributed by atoms with E-state index >= 15 is 0 Å². The molecule has 0 aromatic carbocycles. The maximum Gasteiger partial charge on any atom is 0.0556 e. The molecule has 2 nitrogen and oxygen atoms in total. The van der Waals surface area contributed by atoms with Gasteiger partial charge in [-0.25, -0.2) is 0 Å². The number of hydrogen-bond acceptors (Lipinski definition) is 2. The number of alkyl halides is 2. The van der Waals surface area contributed by atoms with Crippen LogP contribution in [0.5, 0.6) is 0 Å². The number of unbranched alkanes of at least 4 members (excludes halogenated alkanes) is 1. The molecule has 0 aromatic rings. The summed E-state index contributed by atoms with van der Waals surface area (Å²) in [6.07, 6.45) is 4.19. The van der Waals surface area contributed by atoms with Gasteiger partial charge in [-0.1, -0.05) is 44.7 Å². The number of aliphatic hydroxyl groups is 2. The van der Waals surface area contributed by atoms with Crippen molar-refractivity contribution in [3.8, 4) is 0 Å². The minimum absolute atomic E-state index is 0.206. The molecular weight excluding hydrogens is 288 g/mol. The molecule has 0 aliphatic carbocycles. The summed E-state index contributed by atoms with van der Waals surface area (Å²) in [4.78, 5) is 0.473. The van der Waals surface area contributed by atoms with Crippen LogP contribution in [-0.4, -0.2) is 33.1 Å². The summed E-state index contributed by atoms with van der Waals surface area (Å²) in [5.74, 6) is 0. The van der Waals surface area contributed by atoms with Gasteiger partial charge in [0.25, 0.3) is 0 Å². The van der Waals surface area contributed by atoms with Gasteiger partial charge in [0.05, 0.1) is 13.2 Å². The molecule has 2 N–H and O–H groups in total. The normalized spacial score (nSPS) is 16.0. The predicted molar refractivity (Wildman–Crippen MR) is 58.1 cm³/mol. The van der Waals surface area contributed by atoms with Gasteiger partial charge in [0.1, 0.15) is 0 Å². The molecule has 4 heteroatoms. The van der Waals surface area contributed by atoms with Crippen molar-refractivity contribution < 1.29 is 10.2 Å². The third-order valence-electron chi connectivity index (χ3n) is 1.68. The van der Waals surface area contributed by atoms with Gasteiger partial charge < -0.3 is 10.2 Å². The number of rotatable bonds is 7. The Kier molecular flexibility index (Phi) is 9.10. The van der Waals surface area contributed by atoms with Crippen LogP contribution in [0.4, 0.5) is 0 Å². The Hall–Kier alpha value is 0.880. The van der Waals surface area contributed by atoms with Crippen LogP contribution < -0.4 is 0 Å². The van der Waals surface area contributed by atoms with E-state index < -0.39 is 0 Å². The highest BCUT2D eigenvalue weighted by atomic mass is 79.9. The summed E-state index contributed by atoms with van der Waals surface area (Å²) >= 11 is 6.70. The fourth-order valence-corrected chi connectivity index (χ4v) is 1.56. The molecule has 0 amide bonds. The molecule has 0 heterocycles. The molecule has 0 spiro atoms. The number of hydrogen-bond donors (Lipinski definition) is 2. The summed E-state index contributed by atoms with van der Waals surface area (Å²) in [5, 5.41) is 17.4. The van der Waals surface area contributed by atoms with Crippen molar-refractivity contribution >= 4 is 31.9 Å². The molecule has 74 valence electrons. The zero-order valence-electron chi connectivity index (χ0n) is 7.05. The Morgan fingerprint density at radius 1 is 0.833 bits per heavy atom. The van der Waals surface area contributed by atoms with Gasteiger partial charge in [-0.15, -0.1) is 0 Å². The Bertz CT molecular complexity index is 89.1. The smallest absolute Gasteiger partial charge is 0.0556 e. The fraction of sp³-hybridized carbons (Fsp3) is 1.00. The minimum Gasteiger partial charge on any atom is -0.395 e. The van der Waals surface area contributed by atoms with E-state index in [4.69, 9.17) is 10.2 Å². The van der Waals surface area contributed by atoms with E-state index in [9.17, 15) is 0 Å². The quantitative estimate of drug-likeness (QED) is 0.558. The van der Waals surface area contributed by atoms with Crippen LogP contribution in [0.1, 0.15) is 25.7 Å². The molecule has 0 fully saturated rings. The summed E-state index contributed by atoms with van der Waals surface area (Å²) in [6.45, 7) is 0.412. The highest BCUT2D eigenvalue weighted by molar-refractivity contribution is 9.09. The van der Waals surface area contributed by atoms with Crippen molar-refractivity contribution in [2.24, 2.45) is 0 Å². The first-order chi connectivity index (χ1) is 5.70. The first kappa shape index (κ1) is 12.9. The van der Waals surface area contributed by atoms with Crippen molar-refractivity contribution in [3.63, 3.8) is 0 Å². The van der Waals surface area contributed by atoms with Crippen LogP contribution in [-0.2, 0) is 0 Å². The van der Waals surface area contributed by atoms with Gasteiger partial charge in [-0.05, 0) is 12.8 Å². The summed E-state index contributed by atoms with van der Waals surface area (Å²) in [7, 11) is 0. The third-order valence-corrected chi connectivity index (χ3v) is 3.18. The van der Waals surface area contributed by atoms with Crippen LogP contribution in [0, 0.1) is 0 Å². The average molecular weight is 304 g/mol. The third kappa shape index (κ3) is 7.53. The van der Waals surface area contributed by atoms with Gasteiger partial charge in [-0.3, -0.25) is 0 Å². The zero-order valence-corrected chi connectivity index (χ0v) is 10.2. The SMILES string of the molecule is OCC(Br)CCCCC(Br)CO. The van der Waals surface area contributed by atoms with E-state index in [2.05, 4.69) is 31.9 Å². The van der Waals surface area contributed by atoms with Crippen LogP contribution in [0.2, 0.25) is 0 Å². The fourth-order valence-electron chi connectivity index (χ4n) is 0.914. The lowest BCUT2D eigenvalue weighted by Crippen LogP contribution is -2.06. The maximum atomic E-state index is 8.69. The van der Waals surface area contributed by atoms with Gasteiger partial charge in [-0.2, -0.15) is 0 Å². The van der Waals surface area contributed by atoms with E-state index in [0.717, 1.165) is 25.7 Å². The second kappa shape index (κ2) is 8.48. The van der Waals surface area contributed by atoms with E-state index in [-0.39, 0.29) is 22.9 Å². The first-order valence-corrected chi connectivity index (χ1v) is 6.03. The molecule has 0 saturated heterocycles. The van der Waals surface area contributed by atoms with E-state index in [1.54, 1.807) is 0 Å². The first-order valence-electron chi connectivity index (χ1n) is 4.20. The minimum atomic E-state index is 0.206. The largest absolute Gasteiger partial charge is 0.395 e. The van der Waals surface area contributed by atoms with Gasteiger partial charge in [0.2, 0.25) is 0 Å². The van der Waals surface area contributed by atoms with E-state index in [0.29, 0.717) is 0 Å². The lowest BCUT2D eigenvalue weighted by molar-refractivity contribution is 0.284. The second-order valence-electron chi connectivity index (χ2n) is 2.84. The van der Waals surface area contributed by atoms with E-state index in [1.165, 1.54) is 0 Å². The van der Waals surface area contributed by atoms with Crippen molar-refractivity contribution in [3.05, 3.63) is 0 Å². The second-order valence-corrected chi connectivity index (χ2v) is 5.43. The molecule has 2 unspecified atom stereocenters. The number of halogens is 2. The molecule has 0 aliphatic heterocycles. The highest BCUT2D eigenvalue weighted by Gasteiger charge is 2.04. The van der Waals surface area contributed by atoms with Crippen LogP contribution in [0.3, 0.4) is 0 Å². The standard InChI is InChI=1S/C8H16Br2O2/c9-7(5-11)3-1-2-4-8(10)6-12/h7-8,11-12H,1-6H2. The molecule has 12 heavy (non-hydrogen) atoms. The Labute approximate surface area is 90.6 Å². The molecule has 0 rings (SSSR count). The molecular formula is C8H16Br2O2. The lowest BCUT2D eigenvalue weighted by atomic mass is 10.1. The van der Waals surface area contributed by atoms with Gasteiger partial charge in [0, 0.05) is 9.65 Å². The van der Waals surface area contributed by atoms with Gasteiger partial charge >= 0.3 is 0 Å². The summed E-state index contributed by atoms with van der Waals surface area (Å²) in [6, 6.07) is 0. The highest BCUT2D eigenvalue weighted by Crippen LogP contribution is 2.14. The topological polar surface area (TPSA) is 40.5 Å². The van der Waals surface area contributed by atoms with Crippen molar-refractivity contribution in [1.29, 1.82) is 0 Å². The zero-order chi connectivity index (χ0) is 9.40. The van der Waals surface area contributed by atoms with E-state index in [1.807, 2.05) is 0 Å². The number of aliphatic hydroxyl groups excluding tert-OH is 2. The average Bonchev–Trinajstić information content (AvgIpc) is 2.11. The molecule has 0 bridgehead atoms. The van der Waals surface area contributed by atoms with Crippen molar-refractivity contribution in [2.75, 3.05) is 13.2 Å². The molecule has 0 saturated carbocycles. The van der Waals surface area contributed by atoms with Gasteiger partial charge in [0.15, 0.2) is 0 Å². The maximum absolute atomic E-state index is 8.69. The summed E-state index contributed by atoms with van der Waals surface area (Å²) < 4.78 is 0. The molecule has 2 atom stereocenters. The van der Waals surface area contributed by atoms with Crippen molar-refractivity contribution in [1.82, 2.24) is 0 Å². The van der Waals surface area contributed by atoms with Crippen molar-refractivity contribution in [2.45, 2.75) is 35.3 Å². The Balaban J connectivity index is 3.10. The Morgan fingerprint density at radius 2 is 1.17 bits per heavy atom.